The molecule has 1 aromatic rings. The first kappa shape index (κ1) is 9.92. The summed E-state index contributed by atoms with van der Waals surface area (Å²) in [6.45, 7) is 0. The molecule has 0 aliphatic carbocycles. The summed E-state index contributed by atoms with van der Waals surface area (Å²) in [4.78, 5) is 11.1. The van der Waals surface area contributed by atoms with Crippen LogP contribution in [0.15, 0.2) is 24.3 Å². The molecule has 0 aliphatic rings. The quantitative estimate of drug-likeness (QED) is 0.428. The molecule has 1 rings (SSSR count). The minimum absolute atomic E-state index is 0.381. The van der Waals surface area contributed by atoms with Gasteiger partial charge >= 0.3 is 5.97 Å². The van der Waals surface area contributed by atoms with Crippen LogP contribution in [0.5, 0.6) is 0 Å². The number of thiol groups is 1. The fourth-order valence-corrected chi connectivity index (χ4v) is 1.24. The largest absolute Gasteiger partial charge is 0.468 e. The van der Waals surface area contributed by atoms with Crippen LogP contribution in [0.25, 0.3) is 0 Å². The fourth-order valence-electron chi connectivity index (χ4n) is 0.977. The summed E-state index contributed by atoms with van der Waals surface area (Å²) in [5.74, 6) is -0.381. The Bertz CT molecular complexity index is 314. The van der Waals surface area contributed by atoms with Crippen LogP contribution in [-0.2, 0) is 9.53 Å². The lowest BCUT2D eigenvalue weighted by molar-refractivity contribution is -0.140. The number of hydrogen-bond donors (Lipinski definition) is 2. The van der Waals surface area contributed by atoms with E-state index in [1.54, 1.807) is 24.3 Å². The smallest absolute Gasteiger partial charge is 0.323 e. The van der Waals surface area contributed by atoms with Crippen LogP contribution in [0.4, 0.5) is 5.69 Å². The van der Waals surface area contributed by atoms with E-state index in [-0.39, 0.29) is 5.97 Å². The molecule has 0 saturated heterocycles. The predicted octanol–water partition coefficient (Wildman–Crippen LogP) is 1.41. The molecule has 4 heteroatoms. The van der Waals surface area contributed by atoms with Crippen LogP contribution < -0.4 is 5.73 Å². The lowest BCUT2D eigenvalue weighted by Gasteiger charge is -2.08. The number of ether oxygens (including phenoxy) is 1. The maximum absolute atomic E-state index is 11.1. The van der Waals surface area contributed by atoms with Gasteiger partial charge in [0.1, 0.15) is 5.25 Å². The standard InChI is InChI=1S/C9H11NO2S/c1-12-9(11)8(13)6-3-2-4-7(10)5-6/h2-5,8,13H,10H2,1H3. The number of methoxy groups -OCH3 is 1. The first-order valence-corrected chi connectivity index (χ1v) is 4.28. The van der Waals surface area contributed by atoms with Crippen molar-refractivity contribution >= 4 is 24.3 Å². The van der Waals surface area contributed by atoms with Crippen molar-refractivity contribution in [3.8, 4) is 0 Å². The van der Waals surface area contributed by atoms with Crippen molar-refractivity contribution in [2.45, 2.75) is 5.25 Å². The van der Waals surface area contributed by atoms with Crippen LogP contribution in [0, 0.1) is 0 Å². The minimum atomic E-state index is -0.562. The summed E-state index contributed by atoms with van der Waals surface area (Å²) < 4.78 is 4.55. The summed E-state index contributed by atoms with van der Waals surface area (Å²) in [5.41, 5.74) is 6.91. The van der Waals surface area contributed by atoms with Gasteiger partial charge in [0.15, 0.2) is 0 Å². The van der Waals surface area contributed by atoms with E-state index in [0.717, 1.165) is 5.56 Å². The highest BCUT2D eigenvalue weighted by Crippen LogP contribution is 2.22. The maximum atomic E-state index is 11.1. The number of hydrogen-bond acceptors (Lipinski definition) is 4. The highest BCUT2D eigenvalue weighted by molar-refractivity contribution is 7.81. The molecule has 0 fully saturated rings. The van der Waals surface area contributed by atoms with Crippen molar-refractivity contribution in [2.75, 3.05) is 12.8 Å². The number of nitrogen functional groups attached to an aromatic ring is 1. The Balaban J connectivity index is 2.88. The zero-order valence-electron chi connectivity index (χ0n) is 7.23. The molecule has 13 heavy (non-hydrogen) atoms. The molecule has 0 radical (unpaired) electrons. The Morgan fingerprint density at radius 1 is 1.62 bits per heavy atom. The number of benzene rings is 1. The summed E-state index contributed by atoms with van der Waals surface area (Å²) in [6, 6.07) is 7.01. The van der Waals surface area contributed by atoms with Crippen molar-refractivity contribution < 1.29 is 9.53 Å². The Morgan fingerprint density at radius 3 is 2.85 bits per heavy atom. The van der Waals surface area contributed by atoms with Crippen LogP contribution in [0.3, 0.4) is 0 Å². The van der Waals surface area contributed by atoms with Gasteiger partial charge in [0, 0.05) is 5.69 Å². The third kappa shape index (κ3) is 2.39. The van der Waals surface area contributed by atoms with Crippen LogP contribution in [0.2, 0.25) is 0 Å². The predicted molar refractivity (Wildman–Crippen MR) is 54.6 cm³/mol. The number of anilines is 1. The Kier molecular flexibility index (Phi) is 3.19. The molecule has 0 aliphatic heterocycles. The van der Waals surface area contributed by atoms with Crippen molar-refractivity contribution in [1.29, 1.82) is 0 Å². The van der Waals surface area contributed by atoms with Crippen molar-refractivity contribution in [1.82, 2.24) is 0 Å². The second kappa shape index (κ2) is 4.18. The normalized spacial score (nSPS) is 12.2. The van der Waals surface area contributed by atoms with E-state index in [9.17, 15) is 4.79 Å². The van der Waals surface area contributed by atoms with E-state index < -0.39 is 5.25 Å². The van der Waals surface area contributed by atoms with Crippen LogP contribution >= 0.6 is 12.6 Å². The van der Waals surface area contributed by atoms with Gasteiger partial charge in [-0.15, -0.1) is 0 Å². The van der Waals surface area contributed by atoms with Gasteiger partial charge in [-0.05, 0) is 17.7 Å². The third-order valence-electron chi connectivity index (χ3n) is 1.65. The Hall–Kier alpha value is -1.16. The Morgan fingerprint density at radius 2 is 2.31 bits per heavy atom. The first-order chi connectivity index (χ1) is 6.15. The number of esters is 1. The van der Waals surface area contributed by atoms with Gasteiger partial charge in [-0.25, -0.2) is 0 Å². The van der Waals surface area contributed by atoms with E-state index >= 15 is 0 Å². The summed E-state index contributed by atoms with van der Waals surface area (Å²) >= 11 is 4.11. The molecule has 1 unspecified atom stereocenters. The zero-order valence-corrected chi connectivity index (χ0v) is 8.12. The van der Waals surface area contributed by atoms with Crippen molar-refractivity contribution in [3.05, 3.63) is 29.8 Å². The lowest BCUT2D eigenvalue weighted by Crippen LogP contribution is -2.08. The molecule has 70 valence electrons. The van der Waals surface area contributed by atoms with Gasteiger partial charge in [-0.3, -0.25) is 4.79 Å². The van der Waals surface area contributed by atoms with Gasteiger partial charge in [-0.2, -0.15) is 12.6 Å². The summed E-state index contributed by atoms with van der Waals surface area (Å²) in [5, 5.41) is -0.562. The average Bonchev–Trinajstić information content (AvgIpc) is 2.15. The number of carbonyl (C=O) groups is 1. The average molecular weight is 197 g/mol. The summed E-state index contributed by atoms with van der Waals surface area (Å²) in [6.07, 6.45) is 0. The van der Waals surface area contributed by atoms with Gasteiger partial charge in [-0.1, -0.05) is 12.1 Å². The zero-order chi connectivity index (χ0) is 9.84. The number of nitrogens with two attached hydrogens (primary N) is 1. The highest BCUT2D eigenvalue weighted by atomic mass is 32.1. The molecule has 0 bridgehead atoms. The lowest BCUT2D eigenvalue weighted by atomic mass is 10.1. The van der Waals surface area contributed by atoms with Crippen molar-refractivity contribution in [2.24, 2.45) is 0 Å². The molecule has 0 aromatic heterocycles. The van der Waals surface area contributed by atoms with Crippen LogP contribution in [-0.4, -0.2) is 13.1 Å². The molecule has 0 saturated carbocycles. The molecule has 2 N–H and O–H groups in total. The molecule has 1 atom stereocenters. The molecular weight excluding hydrogens is 186 g/mol. The van der Waals surface area contributed by atoms with E-state index in [2.05, 4.69) is 17.4 Å². The fraction of sp³-hybridized carbons (Fsp3) is 0.222. The first-order valence-electron chi connectivity index (χ1n) is 3.76. The van der Waals surface area contributed by atoms with Gasteiger partial charge in [0.2, 0.25) is 0 Å². The minimum Gasteiger partial charge on any atom is -0.468 e. The topological polar surface area (TPSA) is 52.3 Å². The summed E-state index contributed by atoms with van der Waals surface area (Å²) in [7, 11) is 1.33. The van der Waals surface area contributed by atoms with E-state index in [1.807, 2.05) is 0 Å². The van der Waals surface area contributed by atoms with E-state index in [4.69, 9.17) is 5.73 Å². The molecule has 0 amide bonds. The Labute approximate surface area is 82.3 Å². The SMILES string of the molecule is COC(=O)C(S)c1cccc(N)c1. The monoisotopic (exact) mass is 197 g/mol. The van der Waals surface area contributed by atoms with Crippen molar-refractivity contribution in [3.63, 3.8) is 0 Å². The van der Waals surface area contributed by atoms with E-state index in [1.165, 1.54) is 7.11 Å². The van der Waals surface area contributed by atoms with Crippen LogP contribution in [0.1, 0.15) is 10.8 Å². The highest BCUT2D eigenvalue weighted by Gasteiger charge is 2.16. The second-order valence-electron chi connectivity index (χ2n) is 2.60. The van der Waals surface area contributed by atoms with Gasteiger partial charge < -0.3 is 10.5 Å². The van der Waals surface area contributed by atoms with Gasteiger partial charge in [0.05, 0.1) is 7.11 Å². The molecule has 3 nitrogen and oxygen atoms in total. The molecule has 0 spiro atoms. The number of rotatable bonds is 2. The van der Waals surface area contributed by atoms with Gasteiger partial charge in [0.25, 0.3) is 0 Å². The molecule has 1 aromatic carbocycles. The molecule has 0 heterocycles. The second-order valence-corrected chi connectivity index (χ2v) is 3.11. The maximum Gasteiger partial charge on any atom is 0.323 e. The molecular formula is C9H11NO2S. The third-order valence-corrected chi connectivity index (χ3v) is 2.16. The number of carbonyl (C=O) groups excluding carboxylic acids is 1. The van der Waals surface area contributed by atoms with E-state index in [0.29, 0.717) is 5.69 Å².